The fourth-order valence-corrected chi connectivity index (χ4v) is 0.800. The fraction of sp³-hybridized carbons (Fsp3) is 0.625. The van der Waals surface area contributed by atoms with E-state index in [4.69, 9.17) is 4.74 Å². The summed E-state index contributed by atoms with van der Waals surface area (Å²) in [5.41, 5.74) is 0.620. The zero-order valence-electron chi connectivity index (χ0n) is 7.13. The van der Waals surface area contributed by atoms with E-state index in [2.05, 4.69) is 12.6 Å². The lowest BCUT2D eigenvalue weighted by molar-refractivity contribution is -0.114. The smallest absolute Gasteiger partial charge is 0.174 e. The summed E-state index contributed by atoms with van der Waals surface area (Å²) in [7, 11) is 0. The Kier molecular flexibility index (Phi) is 5.03. The van der Waals surface area contributed by atoms with Crippen molar-refractivity contribution in [3.63, 3.8) is 0 Å². The quantitative estimate of drug-likeness (QED) is 0.400. The molecule has 1 atom stereocenters. The number of carbonyl (C=O) groups excluding carboxylic acids is 1. The molecule has 0 radical (unpaired) electrons. The third kappa shape index (κ3) is 4.09. The molecule has 0 amide bonds. The maximum atomic E-state index is 11.1. The highest BCUT2D eigenvalue weighted by Crippen LogP contribution is 2.04. The van der Waals surface area contributed by atoms with Gasteiger partial charge in [-0.05, 0) is 20.8 Å². The Morgan fingerprint density at radius 1 is 1.73 bits per heavy atom. The van der Waals surface area contributed by atoms with Gasteiger partial charge in [0.25, 0.3) is 0 Å². The summed E-state index contributed by atoms with van der Waals surface area (Å²) in [6, 6.07) is 0. The molecule has 2 nitrogen and oxygen atoms in total. The second kappa shape index (κ2) is 5.24. The van der Waals surface area contributed by atoms with Crippen molar-refractivity contribution in [2.75, 3.05) is 6.61 Å². The molecule has 0 heterocycles. The third-order valence-electron chi connectivity index (χ3n) is 1.19. The predicted molar refractivity (Wildman–Crippen MR) is 48.8 cm³/mol. The summed E-state index contributed by atoms with van der Waals surface area (Å²) >= 11 is 4.01. The Hall–Kier alpha value is -0.440. The van der Waals surface area contributed by atoms with E-state index < -0.39 is 0 Å². The minimum absolute atomic E-state index is 0.0155. The highest BCUT2D eigenvalue weighted by Gasteiger charge is 2.09. The van der Waals surface area contributed by atoms with Crippen LogP contribution in [-0.4, -0.2) is 17.6 Å². The molecule has 0 bridgehead atoms. The first kappa shape index (κ1) is 10.6. The zero-order valence-corrected chi connectivity index (χ0v) is 8.02. The van der Waals surface area contributed by atoms with Crippen LogP contribution in [0.1, 0.15) is 20.8 Å². The van der Waals surface area contributed by atoms with Gasteiger partial charge in [-0.25, -0.2) is 0 Å². The molecule has 0 spiro atoms. The van der Waals surface area contributed by atoms with Crippen molar-refractivity contribution < 1.29 is 9.53 Å². The van der Waals surface area contributed by atoms with Gasteiger partial charge in [-0.1, -0.05) is 0 Å². The number of hydrogen-bond acceptors (Lipinski definition) is 3. The number of carbonyl (C=O) groups is 1. The molecule has 0 fully saturated rings. The summed E-state index contributed by atoms with van der Waals surface area (Å²) in [6.45, 7) is 5.93. The summed E-state index contributed by atoms with van der Waals surface area (Å²) in [4.78, 5) is 11.1. The van der Waals surface area contributed by atoms with Crippen LogP contribution in [0.2, 0.25) is 0 Å². The van der Waals surface area contributed by atoms with Crippen LogP contribution in [0.3, 0.4) is 0 Å². The van der Waals surface area contributed by atoms with Gasteiger partial charge >= 0.3 is 0 Å². The molecule has 0 aromatic rings. The van der Waals surface area contributed by atoms with Crippen molar-refractivity contribution in [1.82, 2.24) is 0 Å². The van der Waals surface area contributed by atoms with Gasteiger partial charge in [0.2, 0.25) is 0 Å². The van der Waals surface area contributed by atoms with E-state index in [0.717, 1.165) is 0 Å². The molecule has 11 heavy (non-hydrogen) atoms. The monoisotopic (exact) mass is 174 g/mol. The Morgan fingerprint density at radius 3 is 2.64 bits per heavy atom. The van der Waals surface area contributed by atoms with Crippen molar-refractivity contribution in [2.24, 2.45) is 0 Å². The minimum Gasteiger partial charge on any atom is -0.501 e. The molecule has 0 aromatic carbocycles. The van der Waals surface area contributed by atoms with Crippen molar-refractivity contribution in [3.8, 4) is 0 Å². The van der Waals surface area contributed by atoms with E-state index in [0.29, 0.717) is 12.2 Å². The number of thiol groups is 1. The van der Waals surface area contributed by atoms with Crippen molar-refractivity contribution >= 4 is 18.4 Å². The first-order chi connectivity index (χ1) is 5.09. The molecule has 64 valence electrons. The average Bonchev–Trinajstić information content (AvgIpc) is 1.98. The molecule has 0 N–H and O–H groups in total. The van der Waals surface area contributed by atoms with E-state index in [9.17, 15) is 4.79 Å². The second-order valence-corrected chi connectivity index (χ2v) is 3.07. The minimum atomic E-state index is -0.244. The van der Waals surface area contributed by atoms with Crippen LogP contribution in [0, 0.1) is 0 Å². The molecule has 0 aliphatic carbocycles. The molecule has 3 heteroatoms. The Balaban J connectivity index is 4.01. The number of rotatable bonds is 4. The van der Waals surface area contributed by atoms with E-state index in [-0.39, 0.29) is 11.0 Å². The zero-order chi connectivity index (χ0) is 8.85. The van der Waals surface area contributed by atoms with Crippen molar-refractivity contribution in [1.29, 1.82) is 0 Å². The van der Waals surface area contributed by atoms with Gasteiger partial charge < -0.3 is 4.74 Å². The lowest BCUT2D eigenvalue weighted by Crippen LogP contribution is -2.11. The Labute approximate surface area is 73.0 Å². The third-order valence-corrected chi connectivity index (χ3v) is 1.43. The number of ketones is 1. The Bertz CT molecular complexity index is 161. The predicted octanol–water partition coefficient (Wildman–Crippen LogP) is 1.81. The summed E-state index contributed by atoms with van der Waals surface area (Å²) < 4.78 is 4.95. The number of allylic oxidation sites excluding steroid dienone is 1. The first-order valence-corrected chi connectivity index (χ1v) is 4.11. The van der Waals surface area contributed by atoms with Crippen LogP contribution in [0.4, 0.5) is 0 Å². The number of hydrogen-bond donors (Lipinski definition) is 1. The number of Topliss-reactive ketones (excluding diaryl/α,β-unsaturated/α-hetero) is 1. The van der Waals surface area contributed by atoms with Crippen LogP contribution in [0.25, 0.3) is 0 Å². The standard InChI is InChI=1S/C8H14O2S/c1-4-10-5-6(2)8(9)7(3)11/h5,7,11H,4H2,1-3H3/b6-5+. The molecular weight excluding hydrogens is 160 g/mol. The van der Waals surface area contributed by atoms with Crippen LogP contribution in [-0.2, 0) is 9.53 Å². The lowest BCUT2D eigenvalue weighted by atomic mass is 10.2. The fourth-order valence-electron chi connectivity index (χ4n) is 0.596. The lowest BCUT2D eigenvalue weighted by Gasteiger charge is -2.02. The Morgan fingerprint density at radius 2 is 2.27 bits per heavy atom. The van der Waals surface area contributed by atoms with Crippen molar-refractivity contribution in [2.45, 2.75) is 26.0 Å². The molecule has 0 aromatic heterocycles. The van der Waals surface area contributed by atoms with E-state index in [1.165, 1.54) is 6.26 Å². The molecular formula is C8H14O2S. The van der Waals surface area contributed by atoms with E-state index in [1.807, 2.05) is 6.92 Å². The average molecular weight is 174 g/mol. The molecule has 1 unspecified atom stereocenters. The van der Waals surface area contributed by atoms with Crippen LogP contribution in [0.5, 0.6) is 0 Å². The topological polar surface area (TPSA) is 26.3 Å². The highest BCUT2D eigenvalue weighted by atomic mass is 32.1. The van der Waals surface area contributed by atoms with Gasteiger partial charge in [0.15, 0.2) is 5.78 Å². The van der Waals surface area contributed by atoms with E-state index >= 15 is 0 Å². The summed E-state index contributed by atoms with van der Waals surface area (Å²) in [5.74, 6) is 0.0155. The highest BCUT2D eigenvalue weighted by molar-refractivity contribution is 7.81. The SMILES string of the molecule is CCO/C=C(\C)C(=O)C(C)S. The van der Waals surface area contributed by atoms with Gasteiger partial charge in [0.1, 0.15) is 0 Å². The summed E-state index contributed by atoms with van der Waals surface area (Å²) in [5, 5.41) is -0.244. The first-order valence-electron chi connectivity index (χ1n) is 3.60. The maximum absolute atomic E-state index is 11.1. The largest absolute Gasteiger partial charge is 0.501 e. The number of ether oxygens (including phenoxy) is 1. The van der Waals surface area contributed by atoms with Gasteiger partial charge in [-0.15, -0.1) is 0 Å². The van der Waals surface area contributed by atoms with Gasteiger partial charge in [-0.2, -0.15) is 12.6 Å². The van der Waals surface area contributed by atoms with Gasteiger partial charge in [0.05, 0.1) is 18.1 Å². The molecule has 0 aliphatic rings. The molecule has 0 saturated carbocycles. The molecule has 0 saturated heterocycles. The van der Waals surface area contributed by atoms with Crippen LogP contribution < -0.4 is 0 Å². The van der Waals surface area contributed by atoms with Crippen LogP contribution in [0.15, 0.2) is 11.8 Å². The molecule has 0 rings (SSSR count). The van der Waals surface area contributed by atoms with Crippen molar-refractivity contribution in [3.05, 3.63) is 11.8 Å². The normalized spacial score (nSPS) is 14.4. The van der Waals surface area contributed by atoms with Crippen LogP contribution >= 0.6 is 12.6 Å². The van der Waals surface area contributed by atoms with E-state index in [1.54, 1.807) is 13.8 Å². The summed E-state index contributed by atoms with van der Waals surface area (Å²) in [6.07, 6.45) is 1.48. The molecule has 0 aliphatic heterocycles. The van der Waals surface area contributed by atoms with Gasteiger partial charge in [-0.3, -0.25) is 4.79 Å². The van der Waals surface area contributed by atoms with Gasteiger partial charge in [0, 0.05) is 5.57 Å². The second-order valence-electron chi connectivity index (χ2n) is 2.30. The maximum Gasteiger partial charge on any atom is 0.174 e.